The lowest BCUT2D eigenvalue weighted by Crippen LogP contribution is -2.41. The van der Waals surface area contributed by atoms with Crippen molar-refractivity contribution in [2.45, 2.75) is 31.8 Å². The molecular weight excluding hydrogens is 372 g/mol. The number of nitrogens with zero attached hydrogens (tertiary/aromatic N) is 1. The number of carbonyl (C=O) groups excluding carboxylic acids is 1. The first-order valence-electron chi connectivity index (χ1n) is 6.44. The number of halogens is 2. The van der Waals surface area contributed by atoms with Gasteiger partial charge in [0.2, 0.25) is 0 Å². The van der Waals surface area contributed by atoms with Crippen LogP contribution in [0.5, 0.6) is 0 Å². The highest BCUT2D eigenvalue weighted by molar-refractivity contribution is 9.11. The Balaban J connectivity index is 1.89. The fourth-order valence-corrected chi connectivity index (χ4v) is 3.22. The third-order valence-electron chi connectivity index (χ3n) is 3.55. The lowest BCUT2D eigenvalue weighted by atomic mass is 10.2. The third-order valence-corrected chi connectivity index (χ3v) is 4.70. The van der Waals surface area contributed by atoms with E-state index in [2.05, 4.69) is 56.0 Å². The summed E-state index contributed by atoms with van der Waals surface area (Å²) in [5.74, 6) is -0.0320. The second-order valence-electron chi connectivity index (χ2n) is 5.08. The molecule has 1 aliphatic carbocycles. The van der Waals surface area contributed by atoms with Gasteiger partial charge in [0.1, 0.15) is 0 Å². The van der Waals surface area contributed by atoms with E-state index in [1.165, 1.54) is 12.8 Å². The number of amides is 1. The molecule has 1 aliphatic rings. The normalized spacial score (nSPS) is 16.5. The third kappa shape index (κ3) is 4.04. The average molecular weight is 390 g/mol. The molecule has 3 nitrogen and oxygen atoms in total. The van der Waals surface area contributed by atoms with Crippen LogP contribution in [0.4, 0.5) is 0 Å². The van der Waals surface area contributed by atoms with Crippen LogP contribution in [0.15, 0.2) is 27.1 Å². The number of rotatable bonds is 5. The van der Waals surface area contributed by atoms with Gasteiger partial charge in [-0.3, -0.25) is 9.69 Å². The molecule has 1 saturated carbocycles. The number of carbonyl (C=O) groups is 1. The predicted octanol–water partition coefficient (Wildman–Crippen LogP) is 3.42. The molecule has 5 heteroatoms. The van der Waals surface area contributed by atoms with E-state index < -0.39 is 0 Å². The summed E-state index contributed by atoms with van der Waals surface area (Å²) in [6.07, 6.45) is 2.57. The molecule has 0 spiro atoms. The highest BCUT2D eigenvalue weighted by atomic mass is 79.9. The molecule has 1 fully saturated rings. The van der Waals surface area contributed by atoms with E-state index in [-0.39, 0.29) is 5.91 Å². The van der Waals surface area contributed by atoms with E-state index in [1.807, 2.05) is 18.2 Å². The Morgan fingerprint density at radius 2 is 2.16 bits per heavy atom. The predicted molar refractivity (Wildman–Crippen MR) is 84.4 cm³/mol. The molecule has 104 valence electrons. The van der Waals surface area contributed by atoms with Crippen molar-refractivity contribution in [1.82, 2.24) is 10.2 Å². The van der Waals surface area contributed by atoms with Gasteiger partial charge >= 0.3 is 0 Å². The van der Waals surface area contributed by atoms with Crippen LogP contribution in [0.1, 0.15) is 30.1 Å². The Morgan fingerprint density at radius 3 is 2.74 bits per heavy atom. The van der Waals surface area contributed by atoms with Crippen molar-refractivity contribution >= 4 is 37.8 Å². The summed E-state index contributed by atoms with van der Waals surface area (Å²) >= 11 is 6.80. The largest absolute Gasteiger partial charge is 0.350 e. The second kappa shape index (κ2) is 6.37. The van der Waals surface area contributed by atoms with Gasteiger partial charge in [0, 0.05) is 27.6 Å². The Bertz CT molecular complexity index is 475. The van der Waals surface area contributed by atoms with Crippen molar-refractivity contribution < 1.29 is 4.79 Å². The van der Waals surface area contributed by atoms with Crippen molar-refractivity contribution in [2.75, 3.05) is 13.6 Å². The number of hydrogen-bond donors (Lipinski definition) is 1. The first-order valence-corrected chi connectivity index (χ1v) is 8.03. The van der Waals surface area contributed by atoms with Gasteiger partial charge in [-0.05, 0) is 60.9 Å². The van der Waals surface area contributed by atoms with Gasteiger partial charge in [-0.1, -0.05) is 15.9 Å². The molecule has 0 aromatic heterocycles. The zero-order valence-corrected chi connectivity index (χ0v) is 14.3. The van der Waals surface area contributed by atoms with Crippen LogP contribution in [-0.4, -0.2) is 36.5 Å². The quantitative estimate of drug-likeness (QED) is 0.836. The Hall–Kier alpha value is -0.390. The van der Waals surface area contributed by atoms with E-state index in [9.17, 15) is 4.79 Å². The summed E-state index contributed by atoms with van der Waals surface area (Å²) in [6, 6.07) is 6.66. The molecule has 1 aromatic rings. The minimum absolute atomic E-state index is 0.0320. The van der Waals surface area contributed by atoms with Crippen LogP contribution in [0, 0.1) is 0 Å². The molecule has 1 aromatic carbocycles. The molecule has 2 rings (SSSR count). The number of nitrogens with one attached hydrogen (secondary N) is 1. The van der Waals surface area contributed by atoms with Crippen molar-refractivity contribution in [1.29, 1.82) is 0 Å². The molecule has 1 atom stereocenters. The number of hydrogen-bond acceptors (Lipinski definition) is 2. The number of likely N-dealkylation sites (N-methyl/N-ethyl adjacent to an activating group) is 1. The van der Waals surface area contributed by atoms with Crippen LogP contribution in [0.2, 0.25) is 0 Å². The fraction of sp³-hybridized carbons (Fsp3) is 0.500. The van der Waals surface area contributed by atoms with Crippen molar-refractivity contribution in [3.8, 4) is 0 Å². The minimum Gasteiger partial charge on any atom is -0.350 e. The van der Waals surface area contributed by atoms with Gasteiger partial charge in [-0.15, -0.1) is 0 Å². The van der Waals surface area contributed by atoms with E-state index in [0.717, 1.165) is 8.95 Å². The van der Waals surface area contributed by atoms with Gasteiger partial charge in [0.05, 0.1) is 5.56 Å². The van der Waals surface area contributed by atoms with Gasteiger partial charge in [0.15, 0.2) is 0 Å². The summed E-state index contributed by atoms with van der Waals surface area (Å²) in [7, 11) is 2.13. The zero-order valence-electron chi connectivity index (χ0n) is 11.1. The molecule has 1 amide bonds. The van der Waals surface area contributed by atoms with Crippen molar-refractivity contribution in [2.24, 2.45) is 0 Å². The smallest absolute Gasteiger partial charge is 0.252 e. The molecule has 0 heterocycles. The minimum atomic E-state index is -0.0320. The Labute approximate surface area is 131 Å². The molecule has 0 aliphatic heterocycles. The maximum atomic E-state index is 12.1. The molecule has 1 unspecified atom stereocenters. The summed E-state index contributed by atoms with van der Waals surface area (Å²) < 4.78 is 1.76. The van der Waals surface area contributed by atoms with Crippen molar-refractivity contribution in [3.63, 3.8) is 0 Å². The molecule has 0 bridgehead atoms. The topological polar surface area (TPSA) is 32.3 Å². The van der Waals surface area contributed by atoms with Crippen LogP contribution in [0.25, 0.3) is 0 Å². The van der Waals surface area contributed by atoms with E-state index in [4.69, 9.17) is 0 Å². The second-order valence-corrected chi connectivity index (χ2v) is 6.85. The summed E-state index contributed by atoms with van der Waals surface area (Å²) in [4.78, 5) is 14.5. The van der Waals surface area contributed by atoms with Gasteiger partial charge in [-0.2, -0.15) is 0 Å². The zero-order chi connectivity index (χ0) is 14.0. The van der Waals surface area contributed by atoms with Crippen LogP contribution >= 0.6 is 31.9 Å². The van der Waals surface area contributed by atoms with Crippen molar-refractivity contribution in [3.05, 3.63) is 32.7 Å². The monoisotopic (exact) mass is 388 g/mol. The molecule has 0 radical (unpaired) electrons. The lowest BCUT2D eigenvalue weighted by molar-refractivity contribution is 0.0938. The molecule has 0 saturated heterocycles. The first-order chi connectivity index (χ1) is 8.99. The summed E-state index contributed by atoms with van der Waals surface area (Å²) in [6.45, 7) is 2.82. The maximum Gasteiger partial charge on any atom is 0.252 e. The van der Waals surface area contributed by atoms with Crippen LogP contribution < -0.4 is 5.32 Å². The van der Waals surface area contributed by atoms with Gasteiger partial charge in [0.25, 0.3) is 5.91 Å². The molecule has 1 N–H and O–H groups in total. The van der Waals surface area contributed by atoms with Gasteiger partial charge in [-0.25, -0.2) is 0 Å². The SMILES string of the molecule is CC(CNC(=O)c1ccc(Br)cc1Br)N(C)C1CC1. The average Bonchev–Trinajstić information content (AvgIpc) is 3.18. The summed E-state index contributed by atoms with van der Waals surface area (Å²) in [5.41, 5.74) is 0.671. The Morgan fingerprint density at radius 1 is 1.47 bits per heavy atom. The fourth-order valence-electron chi connectivity index (χ4n) is 1.99. The molecule has 19 heavy (non-hydrogen) atoms. The van der Waals surface area contributed by atoms with Crippen LogP contribution in [-0.2, 0) is 0 Å². The lowest BCUT2D eigenvalue weighted by Gasteiger charge is -2.24. The van der Waals surface area contributed by atoms with Gasteiger partial charge < -0.3 is 5.32 Å². The van der Waals surface area contributed by atoms with E-state index in [0.29, 0.717) is 24.2 Å². The highest BCUT2D eigenvalue weighted by Gasteiger charge is 2.29. The Kier molecular flexibility index (Phi) is 5.03. The molecular formula is C14H18Br2N2O. The van der Waals surface area contributed by atoms with E-state index >= 15 is 0 Å². The maximum absolute atomic E-state index is 12.1. The summed E-state index contributed by atoms with van der Waals surface area (Å²) in [5, 5.41) is 3.00. The highest BCUT2D eigenvalue weighted by Crippen LogP contribution is 2.26. The van der Waals surface area contributed by atoms with Crippen LogP contribution in [0.3, 0.4) is 0 Å². The number of benzene rings is 1. The van der Waals surface area contributed by atoms with E-state index in [1.54, 1.807) is 0 Å². The standard InChI is InChI=1S/C14H18Br2N2O/c1-9(18(2)11-4-5-11)8-17-14(19)12-6-3-10(15)7-13(12)16/h3,6-7,9,11H,4-5,8H2,1-2H3,(H,17,19). The first kappa shape index (κ1) is 15.0.